The molecule has 164 valence electrons. The molecular weight excluding hydrogens is 477 g/mol. The minimum Gasteiger partial charge on any atom is -0.353 e. The molecule has 0 bridgehead atoms. The zero-order chi connectivity index (χ0) is 22.5. The van der Waals surface area contributed by atoms with Gasteiger partial charge in [0.1, 0.15) is 5.71 Å². The summed E-state index contributed by atoms with van der Waals surface area (Å²) in [7, 11) is 0. The molecule has 1 aromatic heterocycles. The largest absolute Gasteiger partial charge is 0.353 e. The SMILES string of the molecule is C/C(C(=N)C(=O)NC(=O)C1CCCCC1)=C(/Nc1ccc(Cl)cc1Cl)c1ccc(Cl)s1. The van der Waals surface area contributed by atoms with E-state index in [0.29, 0.717) is 31.3 Å². The summed E-state index contributed by atoms with van der Waals surface area (Å²) in [6.07, 6.45) is 4.63. The zero-order valence-corrected chi connectivity index (χ0v) is 19.9. The van der Waals surface area contributed by atoms with Crippen molar-refractivity contribution in [3.05, 3.63) is 55.2 Å². The lowest BCUT2D eigenvalue weighted by Crippen LogP contribution is -2.40. The number of carbonyl (C=O) groups is 2. The highest BCUT2D eigenvalue weighted by atomic mass is 35.5. The first-order valence-electron chi connectivity index (χ1n) is 9.89. The molecule has 2 amide bonds. The number of nitrogens with one attached hydrogen (secondary N) is 3. The van der Waals surface area contributed by atoms with Crippen LogP contribution in [0.5, 0.6) is 0 Å². The topological polar surface area (TPSA) is 82.1 Å². The molecule has 9 heteroatoms. The average Bonchev–Trinajstić information content (AvgIpc) is 3.18. The maximum atomic E-state index is 12.7. The van der Waals surface area contributed by atoms with Gasteiger partial charge < -0.3 is 5.32 Å². The summed E-state index contributed by atoms with van der Waals surface area (Å²) in [5.74, 6) is -1.20. The summed E-state index contributed by atoms with van der Waals surface area (Å²) in [6, 6.07) is 8.52. The van der Waals surface area contributed by atoms with E-state index in [2.05, 4.69) is 10.6 Å². The molecule has 1 saturated carbocycles. The van der Waals surface area contributed by atoms with Crippen LogP contribution < -0.4 is 10.6 Å². The van der Waals surface area contributed by atoms with Crippen LogP contribution in [-0.2, 0) is 9.59 Å². The Balaban J connectivity index is 1.86. The van der Waals surface area contributed by atoms with E-state index in [-0.39, 0.29) is 17.5 Å². The molecule has 3 N–H and O–H groups in total. The lowest BCUT2D eigenvalue weighted by Gasteiger charge is -2.20. The van der Waals surface area contributed by atoms with Crippen LogP contribution in [-0.4, -0.2) is 17.5 Å². The van der Waals surface area contributed by atoms with Crippen molar-refractivity contribution in [3.63, 3.8) is 0 Å². The molecule has 2 aromatic rings. The smallest absolute Gasteiger partial charge is 0.276 e. The Hall–Kier alpha value is -1.86. The Labute approximate surface area is 200 Å². The van der Waals surface area contributed by atoms with Gasteiger partial charge in [0.05, 0.1) is 25.6 Å². The Bertz CT molecular complexity index is 1040. The van der Waals surface area contributed by atoms with Crippen molar-refractivity contribution in [2.75, 3.05) is 5.32 Å². The third kappa shape index (κ3) is 6.10. The van der Waals surface area contributed by atoms with Crippen molar-refractivity contribution in [2.45, 2.75) is 39.0 Å². The Kier molecular flexibility index (Phi) is 8.17. The quantitative estimate of drug-likeness (QED) is 0.383. The van der Waals surface area contributed by atoms with E-state index >= 15 is 0 Å². The first-order valence-corrected chi connectivity index (χ1v) is 11.8. The zero-order valence-electron chi connectivity index (χ0n) is 16.9. The van der Waals surface area contributed by atoms with E-state index in [4.69, 9.17) is 40.2 Å². The number of anilines is 1. The summed E-state index contributed by atoms with van der Waals surface area (Å²) in [5, 5.41) is 14.9. The summed E-state index contributed by atoms with van der Waals surface area (Å²) < 4.78 is 0.563. The molecule has 0 unspecified atom stereocenters. The highest BCUT2D eigenvalue weighted by Crippen LogP contribution is 2.34. The second kappa shape index (κ2) is 10.6. The predicted molar refractivity (Wildman–Crippen MR) is 129 cm³/mol. The Morgan fingerprint density at radius 2 is 1.77 bits per heavy atom. The molecule has 1 aliphatic carbocycles. The van der Waals surface area contributed by atoms with E-state index < -0.39 is 5.91 Å². The van der Waals surface area contributed by atoms with Gasteiger partial charge in [-0.25, -0.2) is 0 Å². The molecule has 1 aliphatic rings. The molecule has 1 heterocycles. The van der Waals surface area contributed by atoms with Gasteiger partial charge in [0.25, 0.3) is 5.91 Å². The fraction of sp³-hybridized carbons (Fsp3) is 0.318. The maximum absolute atomic E-state index is 12.7. The van der Waals surface area contributed by atoms with E-state index in [1.165, 1.54) is 11.3 Å². The number of imide groups is 1. The third-order valence-corrected chi connectivity index (χ3v) is 7.00. The molecule has 0 saturated heterocycles. The van der Waals surface area contributed by atoms with Crippen LogP contribution in [0.3, 0.4) is 0 Å². The fourth-order valence-corrected chi connectivity index (χ4v) is 5.01. The molecule has 0 atom stereocenters. The van der Waals surface area contributed by atoms with Crippen molar-refractivity contribution < 1.29 is 9.59 Å². The summed E-state index contributed by atoms with van der Waals surface area (Å²) in [4.78, 5) is 25.8. The van der Waals surface area contributed by atoms with Crippen LogP contribution in [0.1, 0.15) is 43.9 Å². The van der Waals surface area contributed by atoms with Crippen LogP contribution >= 0.6 is 46.1 Å². The summed E-state index contributed by atoms with van der Waals surface area (Å²) in [6.45, 7) is 1.65. The van der Waals surface area contributed by atoms with Gasteiger partial charge in [0, 0.05) is 16.5 Å². The minimum atomic E-state index is -0.725. The van der Waals surface area contributed by atoms with Gasteiger partial charge >= 0.3 is 0 Å². The van der Waals surface area contributed by atoms with Crippen LogP contribution in [0.4, 0.5) is 5.69 Å². The van der Waals surface area contributed by atoms with E-state index in [9.17, 15) is 9.59 Å². The van der Waals surface area contributed by atoms with Gasteiger partial charge in [-0.1, -0.05) is 54.1 Å². The summed E-state index contributed by atoms with van der Waals surface area (Å²) >= 11 is 19.7. The fourth-order valence-electron chi connectivity index (χ4n) is 3.45. The first-order chi connectivity index (χ1) is 14.8. The van der Waals surface area contributed by atoms with Crippen LogP contribution in [0.15, 0.2) is 35.9 Å². The van der Waals surface area contributed by atoms with Gasteiger partial charge in [0.2, 0.25) is 5.91 Å². The number of benzene rings is 1. The molecule has 1 aromatic carbocycles. The number of carbonyl (C=O) groups excluding carboxylic acids is 2. The number of rotatable bonds is 6. The molecule has 0 spiro atoms. The van der Waals surface area contributed by atoms with Crippen molar-refractivity contribution >= 4 is 75.1 Å². The average molecular weight is 499 g/mol. The number of halogens is 3. The van der Waals surface area contributed by atoms with Gasteiger partial charge in [0.15, 0.2) is 0 Å². The van der Waals surface area contributed by atoms with Gasteiger partial charge in [-0.3, -0.25) is 20.3 Å². The van der Waals surface area contributed by atoms with Crippen LogP contribution in [0.25, 0.3) is 5.70 Å². The predicted octanol–water partition coefficient (Wildman–Crippen LogP) is 6.79. The number of amides is 2. The minimum absolute atomic E-state index is 0.170. The van der Waals surface area contributed by atoms with E-state index in [1.807, 2.05) is 0 Å². The highest BCUT2D eigenvalue weighted by molar-refractivity contribution is 7.17. The number of hydrogen-bond donors (Lipinski definition) is 3. The Morgan fingerprint density at radius 3 is 2.39 bits per heavy atom. The van der Waals surface area contributed by atoms with Crippen LogP contribution in [0, 0.1) is 11.3 Å². The van der Waals surface area contributed by atoms with Crippen molar-refractivity contribution in [1.29, 1.82) is 5.41 Å². The molecular formula is C22H22Cl3N3O2S. The van der Waals surface area contributed by atoms with E-state index in [0.717, 1.165) is 37.0 Å². The van der Waals surface area contributed by atoms with Crippen molar-refractivity contribution in [3.8, 4) is 0 Å². The second-order valence-electron chi connectivity index (χ2n) is 7.38. The third-order valence-electron chi connectivity index (χ3n) is 5.20. The monoisotopic (exact) mass is 497 g/mol. The maximum Gasteiger partial charge on any atom is 0.276 e. The van der Waals surface area contributed by atoms with Gasteiger partial charge in [-0.15, -0.1) is 11.3 Å². The molecule has 1 fully saturated rings. The van der Waals surface area contributed by atoms with Crippen LogP contribution in [0.2, 0.25) is 14.4 Å². The molecule has 0 aliphatic heterocycles. The summed E-state index contributed by atoms with van der Waals surface area (Å²) in [5.41, 5.74) is 1.13. The van der Waals surface area contributed by atoms with E-state index in [1.54, 1.807) is 37.3 Å². The molecule has 0 radical (unpaired) electrons. The molecule has 31 heavy (non-hydrogen) atoms. The van der Waals surface area contributed by atoms with Crippen molar-refractivity contribution in [2.24, 2.45) is 5.92 Å². The second-order valence-corrected chi connectivity index (χ2v) is 9.94. The normalized spacial score (nSPS) is 15.2. The van der Waals surface area contributed by atoms with Gasteiger partial charge in [-0.05, 0) is 50.1 Å². The highest BCUT2D eigenvalue weighted by Gasteiger charge is 2.25. The first kappa shape index (κ1) is 23.8. The lowest BCUT2D eigenvalue weighted by atomic mass is 9.88. The molecule has 5 nitrogen and oxygen atoms in total. The standard InChI is InChI=1S/C22H22Cl3N3O2S/c1-12(19(26)22(30)28-21(29)13-5-3-2-4-6-13)20(17-9-10-18(25)31-17)27-16-8-7-14(23)11-15(16)24/h7-11,13,26-27H,2-6H2,1H3,(H,28,29,30)/b20-12-,26-19?. The number of thiophene rings is 1. The van der Waals surface area contributed by atoms with Crippen molar-refractivity contribution in [1.82, 2.24) is 5.32 Å². The number of hydrogen-bond acceptors (Lipinski definition) is 5. The Morgan fingerprint density at radius 1 is 1.06 bits per heavy atom. The lowest BCUT2D eigenvalue weighted by molar-refractivity contribution is -0.130. The van der Waals surface area contributed by atoms with Gasteiger partial charge in [-0.2, -0.15) is 0 Å². The molecule has 3 rings (SSSR count).